The summed E-state index contributed by atoms with van der Waals surface area (Å²) in [6, 6.07) is 13.2. The van der Waals surface area contributed by atoms with Crippen molar-refractivity contribution in [3.63, 3.8) is 0 Å². The maximum atomic E-state index is 14.0. The molecule has 0 saturated heterocycles. The highest BCUT2D eigenvalue weighted by molar-refractivity contribution is 14.0. The number of nitrogens with zero attached hydrogens (tertiary/aromatic N) is 3. The molecule has 6 nitrogen and oxygen atoms in total. The Bertz CT molecular complexity index is 1020. The van der Waals surface area contributed by atoms with Crippen LogP contribution >= 0.6 is 24.0 Å². The second-order valence-electron chi connectivity index (χ2n) is 7.72. The van der Waals surface area contributed by atoms with E-state index >= 15 is 0 Å². The Morgan fingerprint density at radius 2 is 1.88 bits per heavy atom. The van der Waals surface area contributed by atoms with Crippen LogP contribution in [0.4, 0.5) is 4.39 Å². The van der Waals surface area contributed by atoms with Gasteiger partial charge in [-0.3, -0.25) is 0 Å². The molecule has 0 bridgehead atoms. The first-order chi connectivity index (χ1) is 14.9. The number of aliphatic imine (C=N–C) groups is 1. The molecule has 3 aromatic rings. The average molecular weight is 551 g/mol. The molecule has 0 aliphatic carbocycles. The number of halogens is 2. The molecule has 1 aromatic heterocycles. The van der Waals surface area contributed by atoms with E-state index in [2.05, 4.69) is 20.6 Å². The first-order valence-corrected chi connectivity index (χ1v) is 10.4. The van der Waals surface area contributed by atoms with Gasteiger partial charge in [-0.05, 0) is 57.8 Å². The van der Waals surface area contributed by atoms with E-state index in [-0.39, 0.29) is 29.8 Å². The summed E-state index contributed by atoms with van der Waals surface area (Å²) >= 11 is 0. The fourth-order valence-electron chi connectivity index (χ4n) is 3.09. The lowest BCUT2D eigenvalue weighted by molar-refractivity contribution is 0.392. The molecule has 8 heteroatoms. The zero-order valence-electron chi connectivity index (χ0n) is 19.0. The third kappa shape index (κ3) is 7.59. The van der Waals surface area contributed by atoms with Gasteiger partial charge < -0.3 is 20.0 Å². The molecule has 0 radical (unpaired) electrons. The maximum absolute atomic E-state index is 14.0. The molecule has 0 aliphatic rings. The van der Waals surface area contributed by atoms with Crippen LogP contribution in [0.15, 0.2) is 58.1 Å². The average Bonchev–Trinajstić information content (AvgIpc) is 3.21. The predicted octanol–water partition coefficient (Wildman–Crippen LogP) is 4.72. The Hall–Kier alpha value is -2.46. The predicted molar refractivity (Wildman–Crippen MR) is 138 cm³/mol. The van der Waals surface area contributed by atoms with Crippen molar-refractivity contribution in [3.8, 4) is 11.5 Å². The first-order valence-electron chi connectivity index (χ1n) is 10.4. The van der Waals surface area contributed by atoms with Crippen LogP contribution < -0.4 is 10.6 Å². The minimum absolute atomic E-state index is 0. The van der Waals surface area contributed by atoms with Crippen molar-refractivity contribution in [1.82, 2.24) is 20.5 Å². The van der Waals surface area contributed by atoms with Crippen molar-refractivity contribution in [3.05, 3.63) is 76.9 Å². The lowest BCUT2D eigenvalue weighted by Gasteiger charge is -2.12. The number of nitrogens with one attached hydrogen (secondary N) is 2. The number of hydrogen-bond donors (Lipinski definition) is 2. The second kappa shape index (κ2) is 12.5. The van der Waals surface area contributed by atoms with Crippen LogP contribution in [0.1, 0.15) is 29.3 Å². The number of guanidine groups is 1. The van der Waals surface area contributed by atoms with E-state index in [4.69, 9.17) is 4.42 Å². The standard InChI is InChI=1S/C24H30FN5O.HI/c1-5-26-24(27-13-18-8-11-22(25)20(12-18)15-30(3)4)28-14-21-16-31-23(29-21)19-9-6-17(2)7-10-19;/h6-12,16H,5,13-15H2,1-4H3,(H2,26,27,28);1H. The normalized spacial score (nSPS) is 11.4. The van der Waals surface area contributed by atoms with Crippen LogP contribution in [0.2, 0.25) is 0 Å². The highest BCUT2D eigenvalue weighted by atomic mass is 127. The van der Waals surface area contributed by atoms with E-state index < -0.39 is 0 Å². The number of rotatable bonds is 8. The van der Waals surface area contributed by atoms with Gasteiger partial charge in [0.2, 0.25) is 5.89 Å². The molecule has 172 valence electrons. The van der Waals surface area contributed by atoms with Gasteiger partial charge in [0.05, 0.1) is 18.8 Å². The molecule has 0 saturated carbocycles. The third-order valence-electron chi connectivity index (χ3n) is 4.65. The second-order valence-corrected chi connectivity index (χ2v) is 7.72. The quantitative estimate of drug-likeness (QED) is 0.241. The van der Waals surface area contributed by atoms with Gasteiger partial charge in [-0.2, -0.15) is 0 Å². The number of benzene rings is 2. The van der Waals surface area contributed by atoms with Crippen molar-refractivity contribution in [1.29, 1.82) is 0 Å². The minimum atomic E-state index is -0.193. The fourth-order valence-corrected chi connectivity index (χ4v) is 3.09. The van der Waals surface area contributed by atoms with Crippen LogP contribution in [0.25, 0.3) is 11.5 Å². The van der Waals surface area contributed by atoms with Crippen molar-refractivity contribution in [2.24, 2.45) is 4.99 Å². The Labute approximate surface area is 206 Å². The van der Waals surface area contributed by atoms with Crippen LogP contribution in [-0.2, 0) is 19.6 Å². The lowest BCUT2D eigenvalue weighted by atomic mass is 10.1. The van der Waals surface area contributed by atoms with E-state index in [1.807, 2.05) is 63.2 Å². The van der Waals surface area contributed by atoms with Gasteiger partial charge in [0, 0.05) is 24.2 Å². The monoisotopic (exact) mass is 551 g/mol. The van der Waals surface area contributed by atoms with E-state index in [0.717, 1.165) is 23.4 Å². The largest absolute Gasteiger partial charge is 0.444 e. The molecule has 32 heavy (non-hydrogen) atoms. The molecular weight excluding hydrogens is 520 g/mol. The van der Waals surface area contributed by atoms with Crippen molar-refractivity contribution >= 4 is 29.9 Å². The number of oxazole rings is 1. The summed E-state index contributed by atoms with van der Waals surface area (Å²) in [5.74, 6) is 1.07. The van der Waals surface area contributed by atoms with Crippen LogP contribution in [-0.4, -0.2) is 36.5 Å². The topological polar surface area (TPSA) is 65.7 Å². The summed E-state index contributed by atoms with van der Waals surface area (Å²) in [5.41, 5.74) is 4.55. The zero-order valence-corrected chi connectivity index (χ0v) is 21.3. The Balaban J connectivity index is 0.00000363. The summed E-state index contributed by atoms with van der Waals surface area (Å²) in [7, 11) is 3.84. The van der Waals surface area contributed by atoms with Gasteiger partial charge in [0.1, 0.15) is 12.1 Å². The Kier molecular flexibility index (Phi) is 10.1. The summed E-state index contributed by atoms with van der Waals surface area (Å²) < 4.78 is 19.6. The van der Waals surface area contributed by atoms with Gasteiger partial charge in [0.25, 0.3) is 0 Å². The highest BCUT2D eigenvalue weighted by Gasteiger charge is 2.08. The van der Waals surface area contributed by atoms with E-state index in [9.17, 15) is 4.39 Å². The van der Waals surface area contributed by atoms with Crippen LogP contribution in [0.5, 0.6) is 0 Å². The molecule has 0 fully saturated rings. The highest BCUT2D eigenvalue weighted by Crippen LogP contribution is 2.19. The SMILES string of the molecule is CCNC(=NCc1ccc(F)c(CN(C)C)c1)NCc1coc(-c2ccc(C)cc2)n1.I. The minimum Gasteiger partial charge on any atom is -0.444 e. The van der Waals surface area contributed by atoms with Crippen LogP contribution in [0.3, 0.4) is 0 Å². The van der Waals surface area contributed by atoms with Crippen molar-refractivity contribution in [2.75, 3.05) is 20.6 Å². The molecule has 0 unspecified atom stereocenters. The number of aromatic nitrogens is 1. The fraction of sp³-hybridized carbons (Fsp3) is 0.333. The van der Waals surface area contributed by atoms with Crippen molar-refractivity contribution < 1.29 is 8.81 Å². The lowest BCUT2D eigenvalue weighted by Crippen LogP contribution is -2.36. The molecule has 0 aliphatic heterocycles. The van der Waals surface area contributed by atoms with Crippen molar-refractivity contribution in [2.45, 2.75) is 33.5 Å². The third-order valence-corrected chi connectivity index (χ3v) is 4.65. The van der Waals surface area contributed by atoms with Crippen LogP contribution in [0, 0.1) is 12.7 Å². The summed E-state index contributed by atoms with van der Waals surface area (Å²) in [6.45, 7) is 6.27. The van der Waals surface area contributed by atoms with E-state index in [0.29, 0.717) is 37.0 Å². The molecule has 1 heterocycles. The summed E-state index contributed by atoms with van der Waals surface area (Å²) in [4.78, 5) is 11.1. The van der Waals surface area contributed by atoms with E-state index in [1.165, 1.54) is 11.6 Å². The molecule has 2 N–H and O–H groups in total. The Morgan fingerprint density at radius 1 is 1.12 bits per heavy atom. The van der Waals surface area contributed by atoms with Gasteiger partial charge in [-0.25, -0.2) is 14.4 Å². The van der Waals surface area contributed by atoms with Gasteiger partial charge >= 0.3 is 0 Å². The molecular formula is C24H31FIN5O. The van der Waals surface area contributed by atoms with Gasteiger partial charge in [0.15, 0.2) is 5.96 Å². The summed E-state index contributed by atoms with van der Waals surface area (Å²) in [5, 5.41) is 6.50. The summed E-state index contributed by atoms with van der Waals surface area (Å²) in [6.07, 6.45) is 1.65. The molecule has 0 amide bonds. The Morgan fingerprint density at radius 3 is 2.56 bits per heavy atom. The maximum Gasteiger partial charge on any atom is 0.226 e. The van der Waals surface area contributed by atoms with Gasteiger partial charge in [-0.15, -0.1) is 24.0 Å². The van der Waals surface area contributed by atoms with Gasteiger partial charge in [-0.1, -0.05) is 23.8 Å². The molecule has 3 rings (SSSR count). The molecule has 0 spiro atoms. The first kappa shape index (κ1) is 25.8. The molecule has 0 atom stereocenters. The molecule has 2 aromatic carbocycles. The van der Waals surface area contributed by atoms with E-state index in [1.54, 1.807) is 12.3 Å². The smallest absolute Gasteiger partial charge is 0.226 e. The number of aryl methyl sites for hydroxylation is 1. The zero-order chi connectivity index (χ0) is 22.2. The number of hydrogen-bond acceptors (Lipinski definition) is 4.